The van der Waals surface area contributed by atoms with Gasteiger partial charge in [0.1, 0.15) is 18.4 Å². The minimum atomic E-state index is -4.54. The number of hydrogen-bond acceptors (Lipinski definition) is 6. The molecule has 3 aromatic carbocycles. The Morgan fingerprint density at radius 2 is 1.56 bits per heavy atom. The molecular weight excluding hydrogens is 589 g/mol. The number of nitrogens with zero attached hydrogens (tertiary/aromatic N) is 1. The van der Waals surface area contributed by atoms with Gasteiger partial charge in [-0.15, -0.1) is 0 Å². The number of hydrogen-bond donors (Lipinski definition) is 3. The Labute approximate surface area is 257 Å². The van der Waals surface area contributed by atoms with Gasteiger partial charge in [0.25, 0.3) is 0 Å². The second-order valence-electron chi connectivity index (χ2n) is 10.2. The quantitative estimate of drug-likeness (QED) is 0.140. The number of pyridine rings is 1. The van der Waals surface area contributed by atoms with Crippen LogP contribution in [0, 0.1) is 0 Å². The topological polar surface area (TPSA) is 126 Å². The van der Waals surface area contributed by atoms with Crippen molar-refractivity contribution >= 4 is 40.6 Å². The minimum Gasteiger partial charge on any atom is -0.376 e. The Morgan fingerprint density at radius 1 is 0.844 bits per heavy atom. The number of ether oxygens (including phenoxy) is 1. The number of aromatic nitrogens is 1. The third-order valence-corrected chi connectivity index (χ3v) is 6.78. The number of rotatable bonds is 14. The summed E-state index contributed by atoms with van der Waals surface area (Å²) in [7, 11) is 0. The Morgan fingerprint density at radius 3 is 2.27 bits per heavy atom. The molecule has 0 aliphatic carbocycles. The molecule has 0 fully saturated rings. The predicted molar refractivity (Wildman–Crippen MR) is 161 cm³/mol. The normalized spacial score (nSPS) is 12.6. The first kappa shape index (κ1) is 32.8. The number of alkyl halides is 3. The van der Waals surface area contributed by atoms with Gasteiger partial charge in [-0.05, 0) is 35.4 Å². The molecule has 1 heterocycles. The van der Waals surface area contributed by atoms with E-state index in [2.05, 4.69) is 20.9 Å². The third kappa shape index (κ3) is 9.97. The Balaban J connectivity index is 1.44. The van der Waals surface area contributed by atoms with E-state index in [4.69, 9.17) is 4.74 Å². The van der Waals surface area contributed by atoms with Crippen LogP contribution in [0.5, 0.6) is 0 Å². The number of para-hydroxylation sites is 1. The lowest BCUT2D eigenvalue weighted by Crippen LogP contribution is -2.53. The van der Waals surface area contributed by atoms with Gasteiger partial charge in [-0.1, -0.05) is 60.7 Å². The molecule has 234 valence electrons. The summed E-state index contributed by atoms with van der Waals surface area (Å²) in [6, 6.07) is 19.9. The molecule has 1 unspecified atom stereocenters. The number of aldehydes is 1. The molecule has 0 bridgehead atoms. The van der Waals surface area contributed by atoms with Gasteiger partial charge in [-0.25, -0.2) is 0 Å². The highest BCUT2D eigenvalue weighted by atomic mass is 19.4. The van der Waals surface area contributed by atoms with Crippen LogP contribution in [-0.2, 0) is 43.1 Å². The lowest BCUT2D eigenvalue weighted by molar-refractivity contribution is -0.137. The van der Waals surface area contributed by atoms with Crippen molar-refractivity contribution in [1.29, 1.82) is 0 Å². The summed E-state index contributed by atoms with van der Waals surface area (Å²) < 4.78 is 44.7. The van der Waals surface area contributed by atoms with Crippen molar-refractivity contribution in [3.05, 3.63) is 108 Å². The molecule has 2 atom stereocenters. The lowest BCUT2D eigenvalue weighted by atomic mass is 10.0. The van der Waals surface area contributed by atoms with Crippen LogP contribution in [-0.4, -0.2) is 47.7 Å². The van der Waals surface area contributed by atoms with E-state index in [1.165, 1.54) is 18.3 Å². The first-order valence-electron chi connectivity index (χ1n) is 14.1. The minimum absolute atomic E-state index is 0.0644. The predicted octanol–water partition coefficient (Wildman–Crippen LogP) is 4.60. The van der Waals surface area contributed by atoms with Crippen molar-refractivity contribution in [2.75, 3.05) is 11.9 Å². The van der Waals surface area contributed by atoms with Gasteiger partial charge in [0.2, 0.25) is 17.7 Å². The van der Waals surface area contributed by atoms with Gasteiger partial charge in [0.05, 0.1) is 36.2 Å². The highest BCUT2D eigenvalue weighted by Gasteiger charge is 2.31. The van der Waals surface area contributed by atoms with Crippen LogP contribution in [0.25, 0.3) is 10.9 Å². The summed E-state index contributed by atoms with van der Waals surface area (Å²) in [6.07, 6.45) is -3.27. The van der Waals surface area contributed by atoms with Crippen molar-refractivity contribution in [3.63, 3.8) is 0 Å². The molecule has 0 radical (unpaired) electrons. The summed E-state index contributed by atoms with van der Waals surface area (Å²) in [5, 5.41) is 8.47. The molecule has 3 N–H and O–H groups in total. The number of amides is 3. The Bertz CT molecular complexity index is 1610. The van der Waals surface area contributed by atoms with Gasteiger partial charge in [0, 0.05) is 24.6 Å². The maximum Gasteiger partial charge on any atom is 0.416 e. The monoisotopic (exact) mass is 620 g/mol. The zero-order chi connectivity index (χ0) is 32.2. The molecule has 3 amide bonds. The third-order valence-electron chi connectivity index (χ3n) is 6.78. The standard InChI is InChI=1S/C33H31F3N4O5/c34-33(35,36)25-12-10-22(11-13-25)18-29(32(44)38-26-19-24-8-4-5-9-27(24)37-20-26)40-31(43)28(14-16-41)39-30(42)15-17-45-21-23-6-2-1-3-7-23/h1-13,16,19-20,28-29H,14-15,17-18,21H2,(H,38,44)(H,39,42)(H,40,43)/t28?,29-/m0/s1. The number of nitrogens with one attached hydrogen (secondary N) is 3. The van der Waals surface area contributed by atoms with Crippen LogP contribution in [0.3, 0.4) is 0 Å². The van der Waals surface area contributed by atoms with Gasteiger partial charge in [0.15, 0.2) is 0 Å². The molecular formula is C33H31F3N4O5. The van der Waals surface area contributed by atoms with Gasteiger partial charge >= 0.3 is 6.18 Å². The molecule has 0 spiro atoms. The number of fused-ring (bicyclic) bond motifs is 1. The summed E-state index contributed by atoms with van der Waals surface area (Å²) in [5.74, 6) is -2.04. The number of benzene rings is 3. The van der Waals surface area contributed by atoms with Crippen molar-refractivity contribution in [2.24, 2.45) is 0 Å². The molecule has 45 heavy (non-hydrogen) atoms. The molecule has 4 rings (SSSR count). The molecule has 0 saturated heterocycles. The van der Waals surface area contributed by atoms with Crippen LogP contribution in [0.2, 0.25) is 0 Å². The van der Waals surface area contributed by atoms with Crippen molar-refractivity contribution in [1.82, 2.24) is 15.6 Å². The highest BCUT2D eigenvalue weighted by molar-refractivity contribution is 5.99. The fraction of sp³-hybridized carbons (Fsp3) is 0.242. The molecule has 9 nitrogen and oxygen atoms in total. The van der Waals surface area contributed by atoms with Crippen molar-refractivity contribution in [2.45, 2.75) is 44.1 Å². The van der Waals surface area contributed by atoms with E-state index in [0.29, 0.717) is 29.7 Å². The van der Waals surface area contributed by atoms with Crippen LogP contribution in [0.4, 0.5) is 18.9 Å². The van der Waals surface area contributed by atoms with Crippen LogP contribution >= 0.6 is 0 Å². The molecule has 4 aromatic rings. The molecule has 1 aromatic heterocycles. The Hall–Kier alpha value is -5.10. The average Bonchev–Trinajstić information content (AvgIpc) is 3.03. The summed E-state index contributed by atoms with van der Waals surface area (Å²) >= 11 is 0. The maximum atomic E-state index is 13.4. The fourth-order valence-corrected chi connectivity index (χ4v) is 4.44. The van der Waals surface area contributed by atoms with E-state index in [1.807, 2.05) is 36.4 Å². The van der Waals surface area contributed by atoms with E-state index in [1.54, 1.807) is 24.3 Å². The van der Waals surface area contributed by atoms with E-state index in [9.17, 15) is 32.3 Å². The number of halogens is 3. The molecule has 0 aliphatic heterocycles. The van der Waals surface area contributed by atoms with Crippen molar-refractivity contribution in [3.8, 4) is 0 Å². The summed E-state index contributed by atoms with van der Waals surface area (Å²) in [4.78, 5) is 54.9. The average molecular weight is 621 g/mol. The van der Waals surface area contributed by atoms with E-state index >= 15 is 0 Å². The molecule has 0 saturated carbocycles. The molecule has 12 heteroatoms. The van der Waals surface area contributed by atoms with Gasteiger partial charge in [-0.2, -0.15) is 13.2 Å². The SMILES string of the molecule is O=CCC(NC(=O)CCOCc1ccccc1)C(=O)N[C@@H](Cc1ccc(C(F)(F)F)cc1)C(=O)Nc1cnc2ccccc2c1. The second kappa shape index (κ2) is 15.6. The summed E-state index contributed by atoms with van der Waals surface area (Å²) in [5.41, 5.74) is 1.43. The van der Waals surface area contributed by atoms with Gasteiger partial charge in [-0.3, -0.25) is 19.4 Å². The maximum absolute atomic E-state index is 13.4. The van der Waals surface area contributed by atoms with E-state index in [-0.39, 0.29) is 25.9 Å². The smallest absolute Gasteiger partial charge is 0.376 e. The fourth-order valence-electron chi connectivity index (χ4n) is 4.44. The summed E-state index contributed by atoms with van der Waals surface area (Å²) in [6.45, 7) is 0.356. The highest BCUT2D eigenvalue weighted by Crippen LogP contribution is 2.29. The van der Waals surface area contributed by atoms with Crippen LogP contribution in [0.1, 0.15) is 29.5 Å². The van der Waals surface area contributed by atoms with E-state index in [0.717, 1.165) is 23.1 Å². The largest absolute Gasteiger partial charge is 0.416 e. The van der Waals surface area contributed by atoms with Gasteiger partial charge < -0.3 is 25.5 Å². The second-order valence-corrected chi connectivity index (χ2v) is 10.2. The van der Waals surface area contributed by atoms with Crippen LogP contribution in [0.15, 0.2) is 91.1 Å². The number of carbonyl (C=O) groups excluding carboxylic acids is 4. The van der Waals surface area contributed by atoms with E-state index < -0.39 is 41.5 Å². The lowest BCUT2D eigenvalue weighted by Gasteiger charge is -2.23. The van der Waals surface area contributed by atoms with Crippen LogP contribution < -0.4 is 16.0 Å². The van der Waals surface area contributed by atoms with Crippen molar-refractivity contribution < 1.29 is 37.1 Å². The Kier molecular flexibility index (Phi) is 11.4. The first-order valence-corrected chi connectivity index (χ1v) is 14.1. The first-order chi connectivity index (χ1) is 21.6. The number of anilines is 1. The zero-order valence-electron chi connectivity index (χ0n) is 24.1. The zero-order valence-corrected chi connectivity index (χ0v) is 24.1. The number of carbonyl (C=O) groups is 4. The molecule has 0 aliphatic rings.